The first-order valence-electron chi connectivity index (χ1n) is 6.67. The molecule has 0 spiro atoms. The number of rotatable bonds is 9. The zero-order valence-electron chi connectivity index (χ0n) is 10.8. The molecule has 96 valence electrons. The van der Waals surface area contributed by atoms with Crippen LogP contribution in [0.2, 0.25) is 0 Å². The van der Waals surface area contributed by atoms with Crippen LogP contribution in [0.5, 0.6) is 5.88 Å². The highest BCUT2D eigenvalue weighted by molar-refractivity contribution is 5.35. The van der Waals surface area contributed by atoms with E-state index in [4.69, 9.17) is 10.5 Å². The number of nitrogens with two attached hydrogens (primary N) is 1. The Hall–Kier alpha value is -1.25. The maximum atomic E-state index is 5.54. The fourth-order valence-electron chi connectivity index (χ4n) is 1.71. The van der Waals surface area contributed by atoms with Crippen molar-refractivity contribution in [2.24, 2.45) is 0 Å². The minimum Gasteiger partial charge on any atom is -0.478 e. The van der Waals surface area contributed by atoms with Crippen molar-refractivity contribution < 1.29 is 4.74 Å². The van der Waals surface area contributed by atoms with Crippen molar-refractivity contribution in [3.8, 4) is 5.88 Å². The van der Waals surface area contributed by atoms with Crippen molar-refractivity contribution >= 4 is 5.69 Å². The van der Waals surface area contributed by atoms with Crippen LogP contribution in [0.4, 0.5) is 5.69 Å². The van der Waals surface area contributed by atoms with Crippen LogP contribution in [0, 0.1) is 0 Å². The average molecular weight is 236 g/mol. The third-order valence-corrected chi connectivity index (χ3v) is 2.76. The predicted molar refractivity (Wildman–Crippen MR) is 72.1 cm³/mol. The number of unbranched alkanes of at least 4 members (excludes halogenated alkanes) is 6. The molecule has 0 aliphatic heterocycles. The van der Waals surface area contributed by atoms with E-state index in [9.17, 15) is 0 Å². The van der Waals surface area contributed by atoms with Gasteiger partial charge in [-0.2, -0.15) is 0 Å². The number of anilines is 1. The molecule has 3 heteroatoms. The summed E-state index contributed by atoms with van der Waals surface area (Å²) in [5, 5.41) is 0. The lowest BCUT2D eigenvalue weighted by Gasteiger charge is -2.05. The summed E-state index contributed by atoms with van der Waals surface area (Å²) in [4.78, 5) is 4.09. The molecule has 0 saturated carbocycles. The molecule has 0 aliphatic rings. The Kier molecular flexibility index (Phi) is 7.19. The zero-order valence-corrected chi connectivity index (χ0v) is 10.8. The molecular weight excluding hydrogens is 212 g/mol. The summed E-state index contributed by atoms with van der Waals surface area (Å²) in [6.45, 7) is 3.00. The maximum Gasteiger partial charge on any atom is 0.213 e. The van der Waals surface area contributed by atoms with Crippen LogP contribution in [-0.2, 0) is 0 Å². The van der Waals surface area contributed by atoms with Crippen LogP contribution >= 0.6 is 0 Å². The molecule has 1 heterocycles. The Bertz CT molecular complexity index is 285. The maximum absolute atomic E-state index is 5.54. The fourth-order valence-corrected chi connectivity index (χ4v) is 1.71. The predicted octanol–water partition coefficient (Wildman–Crippen LogP) is 3.79. The molecule has 0 aromatic carbocycles. The Morgan fingerprint density at radius 2 is 1.76 bits per heavy atom. The molecule has 0 bridgehead atoms. The SMILES string of the molecule is CCCCCCCCCOc1ccc(N)cn1. The van der Waals surface area contributed by atoms with E-state index in [0.29, 0.717) is 11.6 Å². The average Bonchev–Trinajstić information content (AvgIpc) is 2.35. The van der Waals surface area contributed by atoms with E-state index >= 15 is 0 Å². The van der Waals surface area contributed by atoms with Gasteiger partial charge in [0.25, 0.3) is 0 Å². The summed E-state index contributed by atoms with van der Waals surface area (Å²) in [5.74, 6) is 0.671. The van der Waals surface area contributed by atoms with Crippen molar-refractivity contribution in [1.82, 2.24) is 4.98 Å². The summed E-state index contributed by atoms with van der Waals surface area (Å²) >= 11 is 0. The molecule has 0 atom stereocenters. The molecule has 0 amide bonds. The lowest BCUT2D eigenvalue weighted by molar-refractivity contribution is 0.293. The quantitative estimate of drug-likeness (QED) is 0.663. The van der Waals surface area contributed by atoms with Gasteiger partial charge in [0.15, 0.2) is 0 Å². The molecule has 1 aromatic rings. The third-order valence-electron chi connectivity index (χ3n) is 2.76. The zero-order chi connectivity index (χ0) is 12.3. The van der Waals surface area contributed by atoms with Gasteiger partial charge in [0, 0.05) is 6.07 Å². The Morgan fingerprint density at radius 3 is 2.41 bits per heavy atom. The number of ether oxygens (including phenoxy) is 1. The standard InChI is InChI=1S/C14H24N2O/c1-2-3-4-5-6-7-8-11-17-14-10-9-13(15)12-16-14/h9-10,12H,2-8,11,15H2,1H3. The number of hydrogen-bond donors (Lipinski definition) is 1. The van der Waals surface area contributed by atoms with Gasteiger partial charge in [-0.3, -0.25) is 0 Å². The molecular formula is C14H24N2O. The molecule has 0 aliphatic carbocycles. The number of nitrogens with zero attached hydrogens (tertiary/aromatic N) is 1. The normalized spacial score (nSPS) is 10.4. The summed E-state index contributed by atoms with van der Waals surface area (Å²) < 4.78 is 5.52. The topological polar surface area (TPSA) is 48.1 Å². The van der Waals surface area contributed by atoms with Gasteiger partial charge in [-0.25, -0.2) is 4.98 Å². The van der Waals surface area contributed by atoms with E-state index in [2.05, 4.69) is 11.9 Å². The van der Waals surface area contributed by atoms with Gasteiger partial charge in [-0.15, -0.1) is 0 Å². The van der Waals surface area contributed by atoms with E-state index in [1.807, 2.05) is 12.1 Å². The van der Waals surface area contributed by atoms with E-state index in [0.717, 1.165) is 13.0 Å². The van der Waals surface area contributed by atoms with Crippen molar-refractivity contribution in [2.75, 3.05) is 12.3 Å². The largest absolute Gasteiger partial charge is 0.478 e. The number of hydrogen-bond acceptors (Lipinski definition) is 3. The monoisotopic (exact) mass is 236 g/mol. The van der Waals surface area contributed by atoms with Gasteiger partial charge in [0.05, 0.1) is 18.5 Å². The molecule has 0 saturated heterocycles. The first-order chi connectivity index (χ1) is 8.33. The second-order valence-electron chi connectivity index (χ2n) is 4.40. The Labute approximate surface area is 104 Å². The van der Waals surface area contributed by atoms with Crippen molar-refractivity contribution in [2.45, 2.75) is 51.9 Å². The highest BCUT2D eigenvalue weighted by Crippen LogP contribution is 2.10. The number of aromatic nitrogens is 1. The van der Waals surface area contributed by atoms with Crippen LogP contribution < -0.4 is 10.5 Å². The van der Waals surface area contributed by atoms with Gasteiger partial charge < -0.3 is 10.5 Å². The molecule has 17 heavy (non-hydrogen) atoms. The van der Waals surface area contributed by atoms with Crippen LogP contribution in [0.3, 0.4) is 0 Å². The Balaban J connectivity index is 1.95. The molecule has 1 aromatic heterocycles. The first-order valence-corrected chi connectivity index (χ1v) is 6.67. The van der Waals surface area contributed by atoms with Gasteiger partial charge in [-0.05, 0) is 12.5 Å². The van der Waals surface area contributed by atoms with Gasteiger partial charge in [0.1, 0.15) is 0 Å². The molecule has 1 rings (SSSR count). The number of pyridine rings is 1. The van der Waals surface area contributed by atoms with Crippen LogP contribution in [0.25, 0.3) is 0 Å². The van der Waals surface area contributed by atoms with E-state index in [1.165, 1.54) is 38.5 Å². The van der Waals surface area contributed by atoms with Crippen LogP contribution in [0.15, 0.2) is 18.3 Å². The van der Waals surface area contributed by atoms with Crippen LogP contribution in [-0.4, -0.2) is 11.6 Å². The van der Waals surface area contributed by atoms with E-state index < -0.39 is 0 Å². The lowest BCUT2D eigenvalue weighted by Crippen LogP contribution is -1.99. The van der Waals surface area contributed by atoms with Crippen LogP contribution in [0.1, 0.15) is 51.9 Å². The van der Waals surface area contributed by atoms with Gasteiger partial charge in [-0.1, -0.05) is 45.4 Å². The molecule has 2 N–H and O–H groups in total. The molecule has 0 unspecified atom stereocenters. The molecule has 3 nitrogen and oxygen atoms in total. The summed E-state index contributed by atoms with van der Waals surface area (Å²) in [7, 11) is 0. The van der Waals surface area contributed by atoms with Crippen molar-refractivity contribution in [3.05, 3.63) is 18.3 Å². The number of nitrogen functional groups attached to an aromatic ring is 1. The van der Waals surface area contributed by atoms with Gasteiger partial charge in [0.2, 0.25) is 5.88 Å². The summed E-state index contributed by atoms with van der Waals surface area (Å²) in [5.41, 5.74) is 6.22. The highest BCUT2D eigenvalue weighted by atomic mass is 16.5. The van der Waals surface area contributed by atoms with Crippen molar-refractivity contribution in [1.29, 1.82) is 0 Å². The molecule has 0 fully saturated rings. The first kappa shape index (κ1) is 13.8. The van der Waals surface area contributed by atoms with E-state index in [-0.39, 0.29) is 0 Å². The van der Waals surface area contributed by atoms with Gasteiger partial charge >= 0.3 is 0 Å². The molecule has 0 radical (unpaired) electrons. The smallest absolute Gasteiger partial charge is 0.213 e. The third kappa shape index (κ3) is 6.82. The van der Waals surface area contributed by atoms with E-state index in [1.54, 1.807) is 6.20 Å². The summed E-state index contributed by atoms with van der Waals surface area (Å²) in [6.07, 6.45) is 10.7. The highest BCUT2D eigenvalue weighted by Gasteiger charge is 1.95. The fraction of sp³-hybridized carbons (Fsp3) is 0.643. The lowest BCUT2D eigenvalue weighted by atomic mass is 10.1. The minimum absolute atomic E-state index is 0.671. The summed E-state index contributed by atoms with van der Waals surface area (Å²) in [6, 6.07) is 3.63. The Morgan fingerprint density at radius 1 is 1.06 bits per heavy atom. The van der Waals surface area contributed by atoms with Crippen molar-refractivity contribution in [3.63, 3.8) is 0 Å². The minimum atomic E-state index is 0.671. The second-order valence-corrected chi connectivity index (χ2v) is 4.40. The second kappa shape index (κ2) is 8.85.